The number of rotatable bonds is 7. The highest BCUT2D eigenvalue weighted by molar-refractivity contribution is 7.89. The molecule has 2 aromatic carbocycles. The predicted molar refractivity (Wildman–Crippen MR) is 123 cm³/mol. The molecule has 0 aliphatic heterocycles. The third kappa shape index (κ3) is 5.01. The Hall–Kier alpha value is -2.74. The Balaban J connectivity index is 1.61. The number of benzene rings is 2. The summed E-state index contributed by atoms with van der Waals surface area (Å²) in [5, 5.41) is 9.72. The number of aromatic nitrogens is 1. The van der Waals surface area contributed by atoms with Gasteiger partial charge in [-0.05, 0) is 78.3 Å². The van der Waals surface area contributed by atoms with E-state index >= 15 is 0 Å². The van der Waals surface area contributed by atoms with Gasteiger partial charge in [0.05, 0.1) is 4.90 Å². The van der Waals surface area contributed by atoms with E-state index in [9.17, 15) is 18.3 Å². The van der Waals surface area contributed by atoms with Crippen LogP contribution < -0.4 is 4.72 Å². The van der Waals surface area contributed by atoms with Gasteiger partial charge in [-0.25, -0.2) is 13.1 Å². The van der Waals surface area contributed by atoms with Crippen molar-refractivity contribution in [2.45, 2.75) is 43.0 Å². The lowest BCUT2D eigenvalue weighted by atomic mass is 9.81. The number of carboxylic acid groups (broad SMARTS) is 1. The van der Waals surface area contributed by atoms with E-state index in [1.54, 1.807) is 24.5 Å². The summed E-state index contributed by atoms with van der Waals surface area (Å²) in [6.07, 6.45) is 5.80. The Bertz CT molecular complexity index is 1230. The number of sulfonamides is 1. The lowest BCUT2D eigenvalue weighted by Crippen LogP contribution is -2.39. The fourth-order valence-corrected chi connectivity index (χ4v) is 5.64. The monoisotopic (exact) mass is 470 g/mol. The van der Waals surface area contributed by atoms with Gasteiger partial charge in [0.2, 0.25) is 10.0 Å². The number of hydrogen-bond acceptors (Lipinski definition) is 4. The average Bonchev–Trinajstić information content (AvgIpc) is 2.77. The van der Waals surface area contributed by atoms with E-state index in [1.165, 1.54) is 12.1 Å². The quantitative estimate of drug-likeness (QED) is 0.538. The molecule has 1 aliphatic carbocycles. The highest BCUT2D eigenvalue weighted by atomic mass is 35.5. The molecule has 1 unspecified atom stereocenters. The lowest BCUT2D eigenvalue weighted by molar-refractivity contribution is -0.136. The van der Waals surface area contributed by atoms with Gasteiger partial charge in [0.15, 0.2) is 0 Å². The van der Waals surface area contributed by atoms with Gasteiger partial charge in [-0.3, -0.25) is 9.78 Å². The summed E-state index contributed by atoms with van der Waals surface area (Å²) in [5.41, 5.74) is 5.11. The maximum atomic E-state index is 12.8. The molecule has 8 heteroatoms. The van der Waals surface area contributed by atoms with Gasteiger partial charge in [-0.15, -0.1) is 0 Å². The molecule has 6 nitrogen and oxygen atoms in total. The minimum atomic E-state index is -3.66. The highest BCUT2D eigenvalue weighted by Crippen LogP contribution is 2.34. The van der Waals surface area contributed by atoms with Crippen molar-refractivity contribution >= 4 is 27.6 Å². The molecule has 32 heavy (non-hydrogen) atoms. The molecule has 3 aromatic rings. The molecule has 0 saturated heterocycles. The number of nitrogens with one attached hydrogen (secondary N) is 1. The molecule has 0 saturated carbocycles. The molecule has 4 rings (SSSR count). The molecule has 166 valence electrons. The van der Waals surface area contributed by atoms with Crippen molar-refractivity contribution in [1.29, 1.82) is 0 Å². The van der Waals surface area contributed by atoms with Crippen LogP contribution in [0.1, 0.15) is 29.5 Å². The molecule has 0 radical (unpaired) electrons. The Morgan fingerprint density at radius 3 is 2.62 bits per heavy atom. The zero-order chi connectivity index (χ0) is 22.7. The van der Waals surface area contributed by atoms with Crippen molar-refractivity contribution in [3.8, 4) is 11.1 Å². The predicted octanol–water partition coefficient (Wildman–Crippen LogP) is 4.26. The minimum Gasteiger partial charge on any atom is -0.481 e. The number of halogens is 1. The van der Waals surface area contributed by atoms with Gasteiger partial charge < -0.3 is 5.11 Å². The molecule has 1 atom stereocenters. The average molecular weight is 471 g/mol. The third-order valence-corrected chi connectivity index (χ3v) is 7.53. The summed E-state index contributed by atoms with van der Waals surface area (Å²) < 4.78 is 28.4. The van der Waals surface area contributed by atoms with Gasteiger partial charge in [0.1, 0.15) is 0 Å². The summed E-state index contributed by atoms with van der Waals surface area (Å²) >= 11 is 5.87. The van der Waals surface area contributed by atoms with Crippen molar-refractivity contribution in [2.24, 2.45) is 0 Å². The maximum Gasteiger partial charge on any atom is 0.303 e. The van der Waals surface area contributed by atoms with E-state index in [1.807, 2.05) is 24.3 Å². The molecular formula is C24H23ClN2O4S. The molecule has 0 spiro atoms. The number of pyridine rings is 1. The van der Waals surface area contributed by atoms with Crippen molar-refractivity contribution in [2.75, 3.05) is 0 Å². The first-order chi connectivity index (χ1) is 15.3. The topological polar surface area (TPSA) is 96.4 Å². The van der Waals surface area contributed by atoms with Crippen LogP contribution in [-0.4, -0.2) is 30.5 Å². The second-order valence-electron chi connectivity index (χ2n) is 7.88. The number of hydrogen-bond donors (Lipinski definition) is 2. The van der Waals surface area contributed by atoms with Crippen LogP contribution in [0.5, 0.6) is 0 Å². The van der Waals surface area contributed by atoms with Crippen LogP contribution in [0.2, 0.25) is 5.02 Å². The zero-order valence-electron chi connectivity index (χ0n) is 17.3. The second kappa shape index (κ2) is 9.40. The van der Waals surface area contributed by atoms with E-state index in [0.717, 1.165) is 27.8 Å². The normalized spacial score (nSPS) is 15.8. The SMILES string of the molecule is O=C(O)CCc1c(-c2cccnc2)ccc2c1CCC(NS(=O)(=O)c1ccc(Cl)cc1)C2. The van der Waals surface area contributed by atoms with Crippen LogP contribution in [0, 0.1) is 0 Å². The van der Waals surface area contributed by atoms with Gasteiger partial charge in [-0.1, -0.05) is 29.8 Å². The summed E-state index contributed by atoms with van der Waals surface area (Å²) in [6, 6.07) is 13.7. The van der Waals surface area contributed by atoms with Crippen LogP contribution in [0.3, 0.4) is 0 Å². The van der Waals surface area contributed by atoms with Gasteiger partial charge in [0, 0.05) is 35.4 Å². The van der Waals surface area contributed by atoms with Gasteiger partial charge >= 0.3 is 5.97 Å². The van der Waals surface area contributed by atoms with E-state index in [-0.39, 0.29) is 17.4 Å². The Labute approximate surface area is 192 Å². The molecule has 1 aromatic heterocycles. The van der Waals surface area contributed by atoms with E-state index in [0.29, 0.717) is 30.7 Å². The van der Waals surface area contributed by atoms with Crippen LogP contribution in [0.25, 0.3) is 11.1 Å². The maximum absolute atomic E-state index is 12.8. The zero-order valence-corrected chi connectivity index (χ0v) is 18.9. The van der Waals surface area contributed by atoms with E-state index in [4.69, 9.17) is 11.6 Å². The van der Waals surface area contributed by atoms with Crippen LogP contribution in [0.4, 0.5) is 0 Å². The van der Waals surface area contributed by atoms with Crippen LogP contribution in [0.15, 0.2) is 65.8 Å². The molecular weight excluding hydrogens is 448 g/mol. The van der Waals surface area contributed by atoms with Crippen LogP contribution >= 0.6 is 11.6 Å². The Morgan fingerprint density at radius 1 is 1.16 bits per heavy atom. The second-order valence-corrected chi connectivity index (χ2v) is 10.0. The van der Waals surface area contributed by atoms with Crippen molar-refractivity contribution in [3.05, 3.63) is 82.6 Å². The number of carboxylic acids is 1. The van der Waals surface area contributed by atoms with Crippen LogP contribution in [-0.2, 0) is 34.1 Å². The number of nitrogens with zero attached hydrogens (tertiary/aromatic N) is 1. The summed E-state index contributed by atoms with van der Waals surface area (Å²) in [4.78, 5) is 15.6. The number of fused-ring (bicyclic) bond motifs is 1. The van der Waals surface area contributed by atoms with Crippen molar-refractivity contribution in [1.82, 2.24) is 9.71 Å². The molecule has 0 fully saturated rings. The molecule has 0 bridgehead atoms. The number of aliphatic carboxylic acids is 1. The molecule has 2 N–H and O–H groups in total. The molecule has 1 aliphatic rings. The first-order valence-corrected chi connectivity index (χ1v) is 12.2. The fourth-order valence-electron chi connectivity index (χ4n) is 4.24. The largest absolute Gasteiger partial charge is 0.481 e. The fraction of sp³-hybridized carbons (Fsp3) is 0.250. The molecule has 0 amide bonds. The van der Waals surface area contributed by atoms with Gasteiger partial charge in [-0.2, -0.15) is 0 Å². The standard InChI is InChI=1S/C24H23ClN2O4S/c25-18-4-7-20(8-5-18)32(30,31)27-19-6-10-21-16(14-19)3-9-22(17-2-1-13-26-15-17)23(21)11-12-24(28)29/h1-5,7-9,13,15,19,27H,6,10-12,14H2,(H,28,29). The Morgan fingerprint density at radius 2 is 1.94 bits per heavy atom. The van der Waals surface area contributed by atoms with Crippen molar-refractivity contribution < 1.29 is 18.3 Å². The van der Waals surface area contributed by atoms with Gasteiger partial charge in [0.25, 0.3) is 0 Å². The first-order valence-electron chi connectivity index (χ1n) is 10.4. The lowest BCUT2D eigenvalue weighted by Gasteiger charge is -2.28. The summed E-state index contributed by atoms with van der Waals surface area (Å²) in [6.45, 7) is 0. The van der Waals surface area contributed by atoms with E-state index < -0.39 is 16.0 Å². The smallest absolute Gasteiger partial charge is 0.303 e. The molecule has 1 heterocycles. The minimum absolute atomic E-state index is 0.0380. The highest BCUT2D eigenvalue weighted by Gasteiger charge is 2.27. The van der Waals surface area contributed by atoms with Crippen molar-refractivity contribution in [3.63, 3.8) is 0 Å². The Kier molecular flexibility index (Phi) is 6.60. The summed E-state index contributed by atoms with van der Waals surface area (Å²) in [5.74, 6) is -0.843. The summed E-state index contributed by atoms with van der Waals surface area (Å²) in [7, 11) is -3.66. The first kappa shape index (κ1) is 22.5. The number of carbonyl (C=O) groups is 1. The third-order valence-electron chi connectivity index (χ3n) is 5.74. The van der Waals surface area contributed by atoms with E-state index in [2.05, 4.69) is 9.71 Å².